The molecular weight excluding hydrogens is 763 g/mol. The van der Waals surface area contributed by atoms with E-state index in [2.05, 4.69) is 173 Å². The van der Waals surface area contributed by atoms with Gasteiger partial charge in [0.15, 0.2) is 0 Å². The number of rotatable bonds is 6. The molecule has 3 heteroatoms. The summed E-state index contributed by atoms with van der Waals surface area (Å²) in [5.41, 5.74) is 22.8. The fraction of sp³-hybridized carbons (Fsp3) is 0.300. The van der Waals surface area contributed by atoms with Crippen LogP contribution in [-0.4, -0.2) is 3.21 Å². The van der Waals surface area contributed by atoms with Crippen LogP contribution >= 0.6 is 0 Å². The van der Waals surface area contributed by atoms with E-state index in [-0.39, 0.29) is 30.2 Å². The van der Waals surface area contributed by atoms with Gasteiger partial charge in [-0.15, -0.1) is 0 Å². The number of halogens is 2. The van der Waals surface area contributed by atoms with E-state index in [9.17, 15) is 0 Å². The average molecular weight is 817 g/mol. The quantitative estimate of drug-likeness (QED) is 0.173. The second-order valence-electron chi connectivity index (χ2n) is 16.5. The van der Waals surface area contributed by atoms with Crippen molar-refractivity contribution in [3.05, 3.63) is 156 Å². The molecule has 0 bridgehead atoms. The summed E-state index contributed by atoms with van der Waals surface area (Å²) in [4.78, 5) is 0. The van der Waals surface area contributed by atoms with Gasteiger partial charge in [-0.3, -0.25) is 0 Å². The Morgan fingerprint density at radius 2 is 1.23 bits per heavy atom. The first kappa shape index (κ1) is 41.1. The van der Waals surface area contributed by atoms with Crippen molar-refractivity contribution in [1.29, 1.82) is 0 Å². The Morgan fingerprint density at radius 3 is 1.79 bits per heavy atom. The molecule has 0 heterocycles. The zero-order valence-corrected chi connectivity index (χ0v) is 37.5. The molecule has 53 heavy (non-hydrogen) atoms. The number of aryl methyl sites for hydroxylation is 6. The van der Waals surface area contributed by atoms with E-state index >= 15 is 0 Å². The summed E-state index contributed by atoms with van der Waals surface area (Å²) in [7, 11) is 0. The first-order valence-corrected chi connectivity index (χ1v) is 22.6. The van der Waals surface area contributed by atoms with Crippen LogP contribution in [0.15, 0.2) is 106 Å². The second kappa shape index (κ2) is 15.9. The van der Waals surface area contributed by atoms with Crippen LogP contribution in [0.25, 0.3) is 33.4 Å². The first-order chi connectivity index (χ1) is 24.3. The summed E-state index contributed by atoms with van der Waals surface area (Å²) >= 11 is -2.83. The van der Waals surface area contributed by atoms with Gasteiger partial charge in [-0.25, -0.2) is 0 Å². The maximum atomic E-state index is 2.68. The number of allylic oxidation sites excluding steroid dienone is 4. The molecule has 0 radical (unpaired) electrons. The average Bonchev–Trinajstić information content (AvgIpc) is 3.67. The van der Waals surface area contributed by atoms with Crippen molar-refractivity contribution in [2.45, 2.75) is 89.0 Å². The SMILES string of the molecule is CCC1C=C(C(C)(C)C)C=[C]1/[Zr+2](=[C](\C)c1ccccc1)[c]1c(-c2c(C)cc(C)cc2C)ccc2c1Cc1cc(-c3c(C)cc(C)cc3C)ccc1-2.[Cl-].[Cl-]. The van der Waals surface area contributed by atoms with Crippen molar-refractivity contribution < 1.29 is 46.1 Å². The largest absolute Gasteiger partial charge is 1.00 e. The standard InChI is InChI=1S/C31H29.C11H17.C8H8.2ClH.Zr/c1-18-11-20(3)30(21(4)12-18)24-7-9-28-26(15-24)17-27-16-25(8-10-29(27)28)31-22(5)13-19(2)14-23(31)6;1-5-9-6-7-10(8-9)11(2,3)4;1-2-8-6-4-3-5-7-8;;;/h7-15H,17H2,1-6H3;7-9H,5H2,1-4H3;3-7H,1H3;2*1H;/q;;;;;+2/p-2. The summed E-state index contributed by atoms with van der Waals surface area (Å²) in [6.45, 7) is 25.7. The van der Waals surface area contributed by atoms with Gasteiger partial charge in [0.25, 0.3) is 0 Å². The molecule has 5 aromatic carbocycles. The minimum Gasteiger partial charge on any atom is -1.00 e. The molecule has 0 nitrogen and oxygen atoms in total. The molecule has 0 N–H and O–H groups in total. The molecule has 1 unspecified atom stereocenters. The Bertz CT molecular complexity index is 2260. The molecule has 0 amide bonds. The van der Waals surface area contributed by atoms with Gasteiger partial charge < -0.3 is 24.8 Å². The molecule has 0 spiro atoms. The van der Waals surface area contributed by atoms with Gasteiger partial charge in [-0.1, -0.05) is 0 Å². The predicted octanol–water partition coefficient (Wildman–Crippen LogP) is 6.83. The number of hydrogen-bond acceptors (Lipinski definition) is 0. The molecule has 0 saturated carbocycles. The summed E-state index contributed by atoms with van der Waals surface area (Å²) in [5, 5.41) is 0. The van der Waals surface area contributed by atoms with E-state index in [1.807, 2.05) is 0 Å². The third kappa shape index (κ3) is 7.61. The molecule has 2 aliphatic carbocycles. The van der Waals surface area contributed by atoms with Crippen molar-refractivity contribution in [2.75, 3.05) is 0 Å². The minimum atomic E-state index is -2.83. The van der Waals surface area contributed by atoms with Crippen LogP contribution in [0.2, 0.25) is 0 Å². The molecule has 5 aromatic rings. The van der Waals surface area contributed by atoms with Crippen LogP contribution in [-0.2, 0) is 27.7 Å². The van der Waals surface area contributed by atoms with Crippen molar-refractivity contribution in [1.82, 2.24) is 0 Å². The third-order valence-electron chi connectivity index (χ3n) is 11.5. The molecule has 272 valence electrons. The fourth-order valence-electron chi connectivity index (χ4n) is 9.24. The molecule has 0 aliphatic heterocycles. The molecule has 0 saturated heterocycles. The van der Waals surface area contributed by atoms with Crippen LogP contribution in [0.3, 0.4) is 0 Å². The van der Waals surface area contributed by atoms with Crippen molar-refractivity contribution in [3.63, 3.8) is 0 Å². The zero-order valence-electron chi connectivity index (χ0n) is 33.5. The van der Waals surface area contributed by atoms with Crippen LogP contribution in [0.4, 0.5) is 0 Å². The molecule has 0 aromatic heterocycles. The van der Waals surface area contributed by atoms with Gasteiger partial charge in [0.2, 0.25) is 0 Å². The Kier molecular flexibility index (Phi) is 12.4. The zero-order chi connectivity index (χ0) is 36.4. The minimum absolute atomic E-state index is 0. The van der Waals surface area contributed by atoms with E-state index in [4.69, 9.17) is 0 Å². The van der Waals surface area contributed by atoms with E-state index in [0.717, 1.165) is 12.8 Å². The normalized spacial score (nSPS) is 14.8. The molecule has 2 aliphatic rings. The van der Waals surface area contributed by atoms with Gasteiger partial charge in [0, 0.05) is 0 Å². The predicted molar refractivity (Wildman–Crippen MR) is 219 cm³/mol. The van der Waals surface area contributed by atoms with Gasteiger partial charge >= 0.3 is 317 Å². The first-order valence-electron chi connectivity index (χ1n) is 18.9. The van der Waals surface area contributed by atoms with Crippen LogP contribution in [0.5, 0.6) is 0 Å². The maximum Gasteiger partial charge on any atom is -1.00 e. The smallest absolute Gasteiger partial charge is 1.00 e. The van der Waals surface area contributed by atoms with Crippen LogP contribution in [0.1, 0.15) is 91.1 Å². The maximum absolute atomic E-state index is 2.83. The summed E-state index contributed by atoms with van der Waals surface area (Å²) < 4.78 is 5.07. The molecule has 1 atom stereocenters. The Hall–Kier alpha value is -3.09. The van der Waals surface area contributed by atoms with Gasteiger partial charge in [0.05, 0.1) is 0 Å². The second-order valence-corrected chi connectivity index (χ2v) is 22.8. The Balaban J connectivity index is 0.00000271. The van der Waals surface area contributed by atoms with Crippen molar-refractivity contribution >= 4 is 6.48 Å². The van der Waals surface area contributed by atoms with E-state index in [0.29, 0.717) is 5.92 Å². The van der Waals surface area contributed by atoms with Gasteiger partial charge in [-0.05, 0) is 0 Å². The number of hydrogen-bond donors (Lipinski definition) is 0. The van der Waals surface area contributed by atoms with Crippen molar-refractivity contribution in [3.8, 4) is 33.4 Å². The van der Waals surface area contributed by atoms with E-state index < -0.39 is 21.3 Å². The fourth-order valence-corrected chi connectivity index (χ4v) is 17.9. The van der Waals surface area contributed by atoms with Crippen LogP contribution in [0, 0.1) is 52.9 Å². The number of benzene rings is 5. The van der Waals surface area contributed by atoms with E-state index in [1.54, 1.807) is 15.3 Å². The molecular formula is C50H54Cl2Zr. The topological polar surface area (TPSA) is 0 Å². The van der Waals surface area contributed by atoms with Gasteiger partial charge in [-0.2, -0.15) is 0 Å². The monoisotopic (exact) mass is 814 g/mol. The van der Waals surface area contributed by atoms with Gasteiger partial charge in [0.1, 0.15) is 0 Å². The van der Waals surface area contributed by atoms with E-state index in [1.165, 1.54) is 83.5 Å². The summed E-state index contributed by atoms with van der Waals surface area (Å²) in [5.74, 6) is 0.485. The Labute approximate surface area is 339 Å². The Morgan fingerprint density at radius 1 is 0.679 bits per heavy atom. The molecule has 7 rings (SSSR count). The van der Waals surface area contributed by atoms with Crippen molar-refractivity contribution in [2.24, 2.45) is 11.3 Å². The summed E-state index contributed by atoms with van der Waals surface area (Å²) in [6, 6.07) is 33.1. The van der Waals surface area contributed by atoms with Crippen LogP contribution < -0.4 is 28.1 Å². The third-order valence-corrected chi connectivity index (χ3v) is 19.4. The molecule has 0 fully saturated rings. The number of fused-ring (bicyclic) bond motifs is 3. The summed E-state index contributed by atoms with van der Waals surface area (Å²) in [6.07, 6.45) is 7.44.